The fourth-order valence-corrected chi connectivity index (χ4v) is 4.27. The second-order valence-corrected chi connectivity index (χ2v) is 7.57. The maximum atomic E-state index is 11.0. The molecule has 2 atom stereocenters. The Kier molecular flexibility index (Phi) is 3.86. The van der Waals surface area contributed by atoms with Crippen LogP contribution in [0.3, 0.4) is 0 Å². The van der Waals surface area contributed by atoms with Gasteiger partial charge in [-0.25, -0.2) is 5.01 Å². The highest BCUT2D eigenvalue weighted by atomic mass is 16.7. The molecule has 3 aromatic carbocycles. The van der Waals surface area contributed by atoms with Crippen LogP contribution in [0.25, 0.3) is 0 Å². The predicted octanol–water partition coefficient (Wildman–Crippen LogP) is 4.57. The number of benzene rings is 3. The predicted molar refractivity (Wildman–Crippen MR) is 111 cm³/mol. The summed E-state index contributed by atoms with van der Waals surface area (Å²) < 4.78 is 17.2. The standard InChI is InChI=1S/C23H17N3O5/c27-26(28)16-8-5-14(6-9-16)23-25-19(17-3-1-2-4-20(17)31-23)12-18(24-25)15-7-10-21-22(11-15)30-13-29-21/h1-11,19,23H,12-13H2/t19-,23+/m0/s1. The molecule has 0 aromatic heterocycles. The van der Waals surface area contributed by atoms with Gasteiger partial charge in [-0.2, -0.15) is 5.10 Å². The second kappa shape index (κ2) is 6.73. The van der Waals surface area contributed by atoms with Crippen molar-refractivity contribution in [2.24, 2.45) is 5.10 Å². The molecule has 8 nitrogen and oxygen atoms in total. The van der Waals surface area contributed by atoms with Crippen LogP contribution in [0.2, 0.25) is 0 Å². The Morgan fingerprint density at radius 2 is 1.77 bits per heavy atom. The van der Waals surface area contributed by atoms with Crippen molar-refractivity contribution < 1.29 is 19.1 Å². The number of hydrogen-bond donors (Lipinski definition) is 0. The summed E-state index contributed by atoms with van der Waals surface area (Å²) in [6.45, 7) is 0.226. The fraction of sp³-hybridized carbons (Fsp3) is 0.174. The summed E-state index contributed by atoms with van der Waals surface area (Å²) in [4.78, 5) is 10.6. The van der Waals surface area contributed by atoms with Crippen molar-refractivity contribution in [1.29, 1.82) is 0 Å². The van der Waals surface area contributed by atoms with Crippen molar-refractivity contribution in [3.05, 3.63) is 93.5 Å². The Morgan fingerprint density at radius 3 is 2.61 bits per heavy atom. The highest BCUT2D eigenvalue weighted by molar-refractivity contribution is 6.02. The molecule has 3 aliphatic heterocycles. The summed E-state index contributed by atoms with van der Waals surface area (Å²) in [6.07, 6.45) is 0.232. The van der Waals surface area contributed by atoms with Crippen LogP contribution in [-0.2, 0) is 0 Å². The largest absolute Gasteiger partial charge is 0.464 e. The molecule has 0 fully saturated rings. The Morgan fingerprint density at radius 1 is 0.968 bits per heavy atom. The van der Waals surface area contributed by atoms with E-state index < -0.39 is 11.2 Å². The summed E-state index contributed by atoms with van der Waals surface area (Å²) in [5, 5.41) is 17.9. The number of fused-ring (bicyclic) bond motifs is 4. The van der Waals surface area contributed by atoms with Crippen LogP contribution in [0.1, 0.15) is 35.4 Å². The Balaban J connectivity index is 1.40. The minimum Gasteiger partial charge on any atom is -0.464 e. The highest BCUT2D eigenvalue weighted by Gasteiger charge is 2.41. The maximum Gasteiger partial charge on any atom is 0.269 e. The van der Waals surface area contributed by atoms with Crippen molar-refractivity contribution in [3.63, 3.8) is 0 Å². The third kappa shape index (κ3) is 2.87. The minimum atomic E-state index is -0.479. The van der Waals surface area contributed by atoms with Crippen LogP contribution >= 0.6 is 0 Å². The number of nitrogens with zero attached hydrogens (tertiary/aromatic N) is 3. The first kappa shape index (κ1) is 17.8. The topological polar surface area (TPSA) is 86.4 Å². The third-order valence-corrected chi connectivity index (χ3v) is 5.79. The maximum absolute atomic E-state index is 11.0. The highest BCUT2D eigenvalue weighted by Crippen LogP contribution is 2.48. The number of ether oxygens (including phenoxy) is 3. The first-order valence-electron chi connectivity index (χ1n) is 9.93. The van der Waals surface area contributed by atoms with Gasteiger partial charge in [0.2, 0.25) is 13.0 Å². The van der Waals surface area contributed by atoms with E-state index in [4.69, 9.17) is 19.3 Å². The number of rotatable bonds is 3. The van der Waals surface area contributed by atoms with E-state index in [0.29, 0.717) is 12.2 Å². The zero-order chi connectivity index (χ0) is 20.9. The molecule has 0 saturated heterocycles. The van der Waals surface area contributed by atoms with Crippen LogP contribution in [0, 0.1) is 10.1 Å². The van der Waals surface area contributed by atoms with Crippen molar-refractivity contribution in [3.8, 4) is 17.2 Å². The van der Waals surface area contributed by atoms with Gasteiger partial charge in [0, 0.05) is 35.2 Å². The molecular weight excluding hydrogens is 398 g/mol. The van der Waals surface area contributed by atoms with Crippen molar-refractivity contribution in [1.82, 2.24) is 5.01 Å². The van der Waals surface area contributed by atoms with Crippen LogP contribution in [0.4, 0.5) is 5.69 Å². The summed E-state index contributed by atoms with van der Waals surface area (Å²) in [5.74, 6) is 2.25. The van der Waals surface area contributed by atoms with Gasteiger partial charge < -0.3 is 14.2 Å². The molecule has 0 N–H and O–H groups in total. The molecule has 0 spiro atoms. The van der Waals surface area contributed by atoms with Crippen molar-refractivity contribution >= 4 is 11.4 Å². The van der Waals surface area contributed by atoms with E-state index in [9.17, 15) is 10.1 Å². The second-order valence-electron chi connectivity index (χ2n) is 7.57. The van der Waals surface area contributed by atoms with E-state index in [1.54, 1.807) is 12.1 Å². The van der Waals surface area contributed by atoms with Gasteiger partial charge in [0.05, 0.1) is 16.7 Å². The minimum absolute atomic E-state index is 0.00515. The molecule has 31 heavy (non-hydrogen) atoms. The Labute approximate surface area is 177 Å². The molecule has 0 saturated carbocycles. The zero-order valence-electron chi connectivity index (χ0n) is 16.3. The molecule has 0 unspecified atom stereocenters. The number of para-hydroxylation sites is 1. The van der Waals surface area contributed by atoms with E-state index in [0.717, 1.165) is 33.9 Å². The van der Waals surface area contributed by atoms with Gasteiger partial charge in [0.25, 0.3) is 5.69 Å². The van der Waals surface area contributed by atoms with Crippen molar-refractivity contribution in [2.75, 3.05) is 6.79 Å². The van der Waals surface area contributed by atoms with E-state index in [2.05, 4.69) is 6.07 Å². The molecule has 3 aromatic rings. The lowest BCUT2D eigenvalue weighted by Crippen LogP contribution is -2.33. The quantitative estimate of drug-likeness (QED) is 0.460. The molecule has 8 heteroatoms. The normalized spacial score (nSPS) is 20.5. The van der Waals surface area contributed by atoms with Gasteiger partial charge in [-0.3, -0.25) is 10.1 Å². The lowest BCUT2D eigenvalue weighted by atomic mass is 9.96. The van der Waals surface area contributed by atoms with Crippen LogP contribution < -0.4 is 14.2 Å². The average Bonchev–Trinajstić information content (AvgIpc) is 3.45. The number of non-ortho nitro benzene ring substituents is 1. The van der Waals surface area contributed by atoms with Crippen LogP contribution in [0.5, 0.6) is 17.2 Å². The SMILES string of the molecule is O=[N+]([O-])c1ccc([C@H]2Oc3ccccc3[C@@H]3CC(c4ccc5c(c4)OCO5)=NN23)cc1. The molecule has 154 valence electrons. The van der Waals surface area contributed by atoms with Crippen LogP contribution in [-0.4, -0.2) is 22.4 Å². The first-order valence-corrected chi connectivity index (χ1v) is 9.93. The lowest BCUT2D eigenvalue weighted by molar-refractivity contribution is -0.384. The van der Waals surface area contributed by atoms with Gasteiger partial charge in [-0.15, -0.1) is 0 Å². The number of nitro groups is 1. The molecule has 0 radical (unpaired) electrons. The van der Waals surface area contributed by atoms with Gasteiger partial charge in [0.15, 0.2) is 11.5 Å². The van der Waals surface area contributed by atoms with Crippen molar-refractivity contribution in [2.45, 2.75) is 18.7 Å². The zero-order valence-corrected chi connectivity index (χ0v) is 16.3. The van der Waals surface area contributed by atoms with E-state index in [1.165, 1.54) is 12.1 Å². The van der Waals surface area contributed by atoms with E-state index >= 15 is 0 Å². The van der Waals surface area contributed by atoms with Crippen LogP contribution in [0.15, 0.2) is 71.8 Å². The molecule has 0 bridgehead atoms. The lowest BCUT2D eigenvalue weighted by Gasteiger charge is -2.38. The summed E-state index contributed by atoms with van der Waals surface area (Å²) >= 11 is 0. The number of hydrazone groups is 1. The monoisotopic (exact) mass is 415 g/mol. The van der Waals surface area contributed by atoms with E-state index in [1.807, 2.05) is 41.4 Å². The van der Waals surface area contributed by atoms with Gasteiger partial charge in [0.1, 0.15) is 5.75 Å². The number of hydrogen-bond acceptors (Lipinski definition) is 7. The van der Waals surface area contributed by atoms with Gasteiger partial charge >= 0.3 is 0 Å². The third-order valence-electron chi connectivity index (χ3n) is 5.79. The molecule has 0 aliphatic carbocycles. The Bertz CT molecular complexity index is 1220. The fourth-order valence-electron chi connectivity index (χ4n) is 4.27. The molecular formula is C23H17N3O5. The summed E-state index contributed by atoms with van der Waals surface area (Å²) in [5.41, 5.74) is 3.82. The number of nitro benzene ring substituents is 1. The van der Waals surface area contributed by atoms with E-state index in [-0.39, 0.29) is 18.5 Å². The molecule has 6 rings (SSSR count). The molecule has 3 heterocycles. The van der Waals surface area contributed by atoms with Gasteiger partial charge in [-0.05, 0) is 36.4 Å². The molecule has 0 amide bonds. The summed E-state index contributed by atoms with van der Waals surface area (Å²) in [7, 11) is 0. The average molecular weight is 415 g/mol. The first-order chi connectivity index (χ1) is 15.2. The summed E-state index contributed by atoms with van der Waals surface area (Å²) in [6, 6.07) is 20.2. The Hall–Kier alpha value is -4.07. The molecule has 3 aliphatic rings. The van der Waals surface area contributed by atoms with Gasteiger partial charge in [-0.1, -0.05) is 18.2 Å². The smallest absolute Gasteiger partial charge is 0.269 e.